The maximum Gasteiger partial charge on any atom is 0.219 e. The van der Waals surface area contributed by atoms with Gasteiger partial charge in [0.2, 0.25) is 5.91 Å². The molecule has 2 rings (SSSR count). The molecule has 3 heteroatoms. The van der Waals surface area contributed by atoms with Gasteiger partial charge < -0.3 is 10.2 Å². The van der Waals surface area contributed by atoms with Gasteiger partial charge in [-0.1, -0.05) is 0 Å². The van der Waals surface area contributed by atoms with Crippen LogP contribution in [0.5, 0.6) is 0 Å². The molecule has 1 unspecified atom stereocenters. The zero-order chi connectivity index (χ0) is 9.97. The molecule has 0 spiro atoms. The number of likely N-dealkylation sites (tertiary alicyclic amines) is 1. The third kappa shape index (κ3) is 2.47. The smallest absolute Gasteiger partial charge is 0.219 e. The SMILES string of the molecule is CC(=O)N1CCCCC1CNC1CC1. The summed E-state index contributed by atoms with van der Waals surface area (Å²) in [5.74, 6) is 0.243. The molecule has 1 amide bonds. The van der Waals surface area contributed by atoms with Crippen molar-refractivity contribution in [1.29, 1.82) is 0 Å². The van der Waals surface area contributed by atoms with Gasteiger partial charge in [-0.2, -0.15) is 0 Å². The molecule has 0 aromatic heterocycles. The summed E-state index contributed by atoms with van der Waals surface area (Å²) in [5, 5.41) is 3.52. The van der Waals surface area contributed by atoms with Crippen LogP contribution in [0.2, 0.25) is 0 Å². The van der Waals surface area contributed by atoms with Crippen LogP contribution in [0.4, 0.5) is 0 Å². The minimum Gasteiger partial charge on any atom is -0.339 e. The van der Waals surface area contributed by atoms with E-state index < -0.39 is 0 Å². The van der Waals surface area contributed by atoms with Gasteiger partial charge in [0.25, 0.3) is 0 Å². The summed E-state index contributed by atoms with van der Waals surface area (Å²) in [6.07, 6.45) is 6.29. The molecular formula is C11H20N2O. The molecule has 0 radical (unpaired) electrons. The van der Waals surface area contributed by atoms with Crippen molar-refractivity contribution in [2.24, 2.45) is 0 Å². The number of carbonyl (C=O) groups excluding carboxylic acids is 1. The lowest BCUT2D eigenvalue weighted by Crippen LogP contribution is -2.48. The van der Waals surface area contributed by atoms with Crippen molar-refractivity contribution in [3.63, 3.8) is 0 Å². The number of hydrogen-bond acceptors (Lipinski definition) is 2. The Morgan fingerprint density at radius 1 is 1.36 bits per heavy atom. The highest BCUT2D eigenvalue weighted by Gasteiger charge is 2.27. The van der Waals surface area contributed by atoms with Crippen molar-refractivity contribution >= 4 is 5.91 Å². The normalized spacial score (nSPS) is 27.8. The van der Waals surface area contributed by atoms with Crippen LogP contribution in [0.25, 0.3) is 0 Å². The largest absolute Gasteiger partial charge is 0.339 e. The number of rotatable bonds is 3. The van der Waals surface area contributed by atoms with Gasteiger partial charge in [0.15, 0.2) is 0 Å². The first kappa shape index (κ1) is 9.97. The average Bonchev–Trinajstić information content (AvgIpc) is 2.98. The van der Waals surface area contributed by atoms with Crippen molar-refractivity contribution in [2.75, 3.05) is 13.1 Å². The highest BCUT2D eigenvalue weighted by Crippen LogP contribution is 2.21. The monoisotopic (exact) mass is 196 g/mol. The zero-order valence-electron chi connectivity index (χ0n) is 8.96. The van der Waals surface area contributed by atoms with E-state index in [-0.39, 0.29) is 5.91 Å². The minimum absolute atomic E-state index is 0.243. The third-order valence-corrected chi connectivity index (χ3v) is 3.25. The quantitative estimate of drug-likeness (QED) is 0.734. The molecule has 80 valence electrons. The molecule has 3 nitrogen and oxygen atoms in total. The molecular weight excluding hydrogens is 176 g/mol. The Morgan fingerprint density at radius 2 is 2.14 bits per heavy atom. The van der Waals surface area contributed by atoms with E-state index in [0.717, 1.165) is 19.1 Å². The van der Waals surface area contributed by atoms with Gasteiger partial charge in [-0.25, -0.2) is 0 Å². The van der Waals surface area contributed by atoms with Crippen molar-refractivity contribution in [1.82, 2.24) is 10.2 Å². The first-order valence-corrected chi connectivity index (χ1v) is 5.78. The van der Waals surface area contributed by atoms with Gasteiger partial charge in [-0.05, 0) is 32.1 Å². The molecule has 2 aliphatic rings. The first-order valence-electron chi connectivity index (χ1n) is 5.78. The van der Waals surface area contributed by atoms with Crippen molar-refractivity contribution in [2.45, 2.75) is 51.1 Å². The van der Waals surface area contributed by atoms with Crippen LogP contribution in [0.15, 0.2) is 0 Å². The van der Waals surface area contributed by atoms with E-state index in [1.807, 2.05) is 4.90 Å². The number of amides is 1. The summed E-state index contributed by atoms with van der Waals surface area (Å²) in [4.78, 5) is 13.4. The summed E-state index contributed by atoms with van der Waals surface area (Å²) < 4.78 is 0. The van der Waals surface area contributed by atoms with E-state index in [1.165, 1.54) is 32.1 Å². The van der Waals surface area contributed by atoms with Crippen LogP contribution >= 0.6 is 0 Å². The fraction of sp³-hybridized carbons (Fsp3) is 0.909. The van der Waals surface area contributed by atoms with Gasteiger partial charge in [0.05, 0.1) is 0 Å². The Labute approximate surface area is 85.8 Å². The van der Waals surface area contributed by atoms with Crippen molar-refractivity contribution < 1.29 is 4.79 Å². The van der Waals surface area contributed by atoms with Gasteiger partial charge in [-0.15, -0.1) is 0 Å². The Morgan fingerprint density at radius 3 is 2.79 bits per heavy atom. The van der Waals surface area contributed by atoms with Crippen LogP contribution in [0.3, 0.4) is 0 Å². The summed E-state index contributed by atoms with van der Waals surface area (Å²) in [5.41, 5.74) is 0. The number of piperidine rings is 1. The highest BCUT2D eigenvalue weighted by atomic mass is 16.2. The second kappa shape index (κ2) is 4.30. The van der Waals surface area contributed by atoms with Crippen molar-refractivity contribution in [3.8, 4) is 0 Å². The fourth-order valence-electron chi connectivity index (χ4n) is 2.22. The molecule has 1 saturated heterocycles. The van der Waals surface area contributed by atoms with Crippen LogP contribution in [0, 0.1) is 0 Å². The topological polar surface area (TPSA) is 32.3 Å². The molecule has 1 saturated carbocycles. The van der Waals surface area contributed by atoms with Crippen LogP contribution in [0.1, 0.15) is 39.0 Å². The molecule has 1 heterocycles. The van der Waals surface area contributed by atoms with E-state index in [9.17, 15) is 4.79 Å². The second-order valence-corrected chi connectivity index (χ2v) is 4.54. The first-order chi connectivity index (χ1) is 6.77. The minimum atomic E-state index is 0.243. The van der Waals surface area contributed by atoms with E-state index in [2.05, 4.69) is 5.32 Å². The molecule has 0 aromatic rings. The van der Waals surface area contributed by atoms with Gasteiger partial charge in [0, 0.05) is 32.1 Å². The standard InChI is InChI=1S/C11H20N2O/c1-9(14)13-7-3-2-4-11(13)8-12-10-5-6-10/h10-12H,2-8H2,1H3. The summed E-state index contributed by atoms with van der Waals surface area (Å²) in [6.45, 7) is 3.66. The summed E-state index contributed by atoms with van der Waals surface area (Å²) in [7, 11) is 0. The Hall–Kier alpha value is -0.570. The number of carbonyl (C=O) groups is 1. The van der Waals surface area contributed by atoms with E-state index in [0.29, 0.717) is 6.04 Å². The Balaban J connectivity index is 1.81. The van der Waals surface area contributed by atoms with E-state index >= 15 is 0 Å². The third-order valence-electron chi connectivity index (χ3n) is 3.25. The van der Waals surface area contributed by atoms with E-state index in [1.54, 1.807) is 6.92 Å². The van der Waals surface area contributed by atoms with Crippen molar-refractivity contribution in [3.05, 3.63) is 0 Å². The molecule has 0 bridgehead atoms. The highest BCUT2D eigenvalue weighted by molar-refractivity contribution is 5.73. The molecule has 1 atom stereocenters. The Bertz CT molecular complexity index is 213. The molecule has 14 heavy (non-hydrogen) atoms. The molecule has 1 aliphatic heterocycles. The fourth-order valence-corrected chi connectivity index (χ4v) is 2.22. The van der Waals surface area contributed by atoms with E-state index in [4.69, 9.17) is 0 Å². The number of nitrogens with zero attached hydrogens (tertiary/aromatic N) is 1. The lowest BCUT2D eigenvalue weighted by atomic mass is 10.0. The van der Waals surface area contributed by atoms with Gasteiger partial charge in [0.1, 0.15) is 0 Å². The second-order valence-electron chi connectivity index (χ2n) is 4.54. The summed E-state index contributed by atoms with van der Waals surface area (Å²) in [6, 6.07) is 1.22. The molecule has 2 fully saturated rings. The lowest BCUT2D eigenvalue weighted by Gasteiger charge is -2.35. The summed E-state index contributed by atoms with van der Waals surface area (Å²) >= 11 is 0. The zero-order valence-corrected chi connectivity index (χ0v) is 8.96. The predicted octanol–water partition coefficient (Wildman–Crippen LogP) is 1.14. The number of hydrogen-bond donors (Lipinski definition) is 1. The lowest BCUT2D eigenvalue weighted by molar-refractivity contribution is -0.132. The Kier molecular flexibility index (Phi) is 3.06. The predicted molar refractivity (Wildman–Crippen MR) is 56.1 cm³/mol. The van der Waals surface area contributed by atoms with Crippen LogP contribution < -0.4 is 5.32 Å². The average molecular weight is 196 g/mol. The van der Waals surface area contributed by atoms with Crippen LogP contribution in [-0.2, 0) is 4.79 Å². The molecule has 1 aliphatic carbocycles. The molecule has 1 N–H and O–H groups in total. The van der Waals surface area contributed by atoms with Gasteiger partial charge in [-0.3, -0.25) is 4.79 Å². The maximum absolute atomic E-state index is 11.4. The van der Waals surface area contributed by atoms with Gasteiger partial charge >= 0.3 is 0 Å². The number of nitrogens with one attached hydrogen (secondary N) is 1. The maximum atomic E-state index is 11.4. The molecule has 0 aromatic carbocycles. The van der Waals surface area contributed by atoms with Crippen LogP contribution in [-0.4, -0.2) is 36.0 Å².